The van der Waals surface area contributed by atoms with E-state index in [2.05, 4.69) is 38.5 Å². The van der Waals surface area contributed by atoms with Gasteiger partial charge in [0.1, 0.15) is 11.4 Å². The summed E-state index contributed by atoms with van der Waals surface area (Å²) in [5, 5.41) is 10.5. The monoisotopic (exact) mass is 299 g/mol. The van der Waals surface area contributed by atoms with E-state index in [9.17, 15) is 4.79 Å². The maximum absolute atomic E-state index is 12.1. The molecule has 1 atom stereocenters. The molecule has 3 rings (SSSR count). The third-order valence-corrected chi connectivity index (χ3v) is 4.32. The van der Waals surface area contributed by atoms with Crippen molar-refractivity contribution in [2.75, 3.05) is 0 Å². The molecule has 0 saturated heterocycles. The first-order chi connectivity index (χ1) is 10.6. The first kappa shape index (κ1) is 14.8. The molecule has 1 aliphatic carbocycles. The van der Waals surface area contributed by atoms with Gasteiger partial charge in [-0.2, -0.15) is 0 Å². The van der Waals surface area contributed by atoms with Crippen LogP contribution in [0.5, 0.6) is 0 Å². The largest absolute Gasteiger partial charge is 0.349 e. The lowest BCUT2D eigenvalue weighted by atomic mass is 9.89. The third-order valence-electron chi connectivity index (χ3n) is 4.32. The third kappa shape index (κ3) is 3.18. The molecule has 2 aromatic rings. The maximum Gasteiger partial charge on any atom is 0.226 e. The van der Waals surface area contributed by atoms with Crippen molar-refractivity contribution in [3.8, 4) is 0 Å². The van der Waals surface area contributed by atoms with Gasteiger partial charge in [0.15, 0.2) is 0 Å². The topological polar surface area (TPSA) is 68.0 Å². The van der Waals surface area contributed by atoms with Crippen LogP contribution in [0.15, 0.2) is 22.8 Å². The molecule has 116 valence electrons. The molecule has 0 radical (unpaired) electrons. The van der Waals surface area contributed by atoms with Crippen molar-refractivity contribution in [1.29, 1.82) is 0 Å². The zero-order chi connectivity index (χ0) is 15.5. The summed E-state index contributed by atoms with van der Waals surface area (Å²) >= 11 is 0. The van der Waals surface area contributed by atoms with E-state index >= 15 is 0 Å². The summed E-state index contributed by atoms with van der Waals surface area (Å²) in [6.07, 6.45) is 5.06. The molecule has 0 saturated carbocycles. The van der Waals surface area contributed by atoms with Crippen molar-refractivity contribution < 1.29 is 9.42 Å². The molecule has 1 N–H and O–H groups in total. The number of fused-ring (bicyclic) bond motifs is 1. The second-order valence-electron chi connectivity index (χ2n) is 6.00. The van der Waals surface area contributed by atoms with Crippen LogP contribution in [0.25, 0.3) is 0 Å². The first-order valence-electron chi connectivity index (χ1n) is 7.82. The molecular weight excluding hydrogens is 278 g/mol. The fourth-order valence-electron chi connectivity index (χ4n) is 2.96. The van der Waals surface area contributed by atoms with Gasteiger partial charge in [0.25, 0.3) is 0 Å². The van der Waals surface area contributed by atoms with E-state index in [0.29, 0.717) is 11.4 Å². The van der Waals surface area contributed by atoms with E-state index in [4.69, 9.17) is 0 Å². The van der Waals surface area contributed by atoms with Gasteiger partial charge in [-0.15, -0.1) is 0 Å². The Balaban J connectivity index is 1.65. The van der Waals surface area contributed by atoms with Crippen LogP contribution in [0.4, 0.5) is 0 Å². The molecule has 1 heterocycles. The van der Waals surface area contributed by atoms with Gasteiger partial charge in [0.2, 0.25) is 5.91 Å². The number of hydrogen-bond acceptors (Lipinski definition) is 4. The molecular formula is C17H21N3O2. The number of amides is 1. The highest BCUT2D eigenvalue weighted by Crippen LogP contribution is 2.24. The number of hydrogen-bond donors (Lipinski definition) is 1. The summed E-state index contributed by atoms with van der Waals surface area (Å²) in [5.41, 5.74) is 5.30. The molecule has 0 bridgehead atoms. The normalized spacial score (nSPS) is 15.2. The van der Waals surface area contributed by atoms with E-state index < -0.39 is 0 Å². The summed E-state index contributed by atoms with van der Waals surface area (Å²) in [4.78, 5) is 12.1. The van der Waals surface area contributed by atoms with Crippen LogP contribution in [0.1, 0.15) is 53.9 Å². The Bertz CT molecular complexity index is 678. The van der Waals surface area contributed by atoms with Gasteiger partial charge in [-0.25, -0.2) is 4.63 Å². The second kappa shape index (κ2) is 6.30. The Hall–Kier alpha value is -2.17. The fourth-order valence-corrected chi connectivity index (χ4v) is 2.96. The second-order valence-corrected chi connectivity index (χ2v) is 6.00. The average molecular weight is 299 g/mol. The van der Waals surface area contributed by atoms with Crippen LogP contribution in [0, 0.1) is 6.92 Å². The van der Waals surface area contributed by atoms with Crippen molar-refractivity contribution in [2.45, 2.75) is 52.0 Å². The van der Waals surface area contributed by atoms with Gasteiger partial charge in [-0.1, -0.05) is 28.5 Å². The number of nitrogens with one attached hydrogen (secondary N) is 1. The number of benzene rings is 1. The molecule has 22 heavy (non-hydrogen) atoms. The summed E-state index contributed by atoms with van der Waals surface area (Å²) in [5.74, 6) is -0.0657. The minimum Gasteiger partial charge on any atom is -0.349 e. The van der Waals surface area contributed by atoms with Crippen LogP contribution >= 0.6 is 0 Å². The van der Waals surface area contributed by atoms with Crippen molar-refractivity contribution in [3.05, 3.63) is 46.3 Å². The molecule has 0 aliphatic heterocycles. The molecule has 1 aromatic heterocycles. The van der Waals surface area contributed by atoms with Crippen molar-refractivity contribution in [3.63, 3.8) is 0 Å². The minimum atomic E-state index is -0.0657. The number of rotatable bonds is 4. The summed E-state index contributed by atoms with van der Waals surface area (Å²) < 4.78 is 4.62. The molecule has 1 unspecified atom stereocenters. The highest BCUT2D eigenvalue weighted by atomic mass is 16.6. The number of carbonyl (C=O) groups is 1. The number of aromatic nitrogens is 2. The molecule has 1 aromatic carbocycles. The van der Waals surface area contributed by atoms with Crippen molar-refractivity contribution >= 4 is 5.91 Å². The Labute approximate surface area is 130 Å². The summed E-state index contributed by atoms with van der Waals surface area (Å²) in [7, 11) is 0. The lowest BCUT2D eigenvalue weighted by Gasteiger charge is -2.20. The van der Waals surface area contributed by atoms with Gasteiger partial charge in [0, 0.05) is 0 Å². The standard InChI is InChI=1S/C17H21N3O2/c1-11(18-17(21)10-16-12(2)19-22-20-16)14-8-7-13-5-3-4-6-15(13)9-14/h7-9,11H,3-6,10H2,1-2H3,(H,18,21). The van der Waals surface area contributed by atoms with Gasteiger partial charge in [0.05, 0.1) is 12.5 Å². The molecule has 1 aliphatic rings. The van der Waals surface area contributed by atoms with Gasteiger partial charge in [-0.3, -0.25) is 4.79 Å². The first-order valence-corrected chi connectivity index (χ1v) is 7.82. The minimum absolute atomic E-state index is 0.0140. The molecule has 0 fully saturated rings. The Kier molecular flexibility index (Phi) is 4.22. The zero-order valence-corrected chi connectivity index (χ0v) is 13.1. The van der Waals surface area contributed by atoms with Gasteiger partial charge in [-0.05, 0) is 56.2 Å². The predicted octanol–water partition coefficient (Wildman–Crippen LogP) is 2.68. The maximum atomic E-state index is 12.1. The van der Waals surface area contributed by atoms with Crippen LogP contribution in [-0.4, -0.2) is 16.2 Å². The van der Waals surface area contributed by atoms with E-state index in [0.717, 1.165) is 12.0 Å². The van der Waals surface area contributed by atoms with Gasteiger partial charge >= 0.3 is 0 Å². The lowest BCUT2D eigenvalue weighted by Crippen LogP contribution is -2.28. The Morgan fingerprint density at radius 3 is 2.77 bits per heavy atom. The van der Waals surface area contributed by atoms with Crippen LogP contribution < -0.4 is 5.32 Å². The van der Waals surface area contributed by atoms with E-state index in [-0.39, 0.29) is 18.4 Å². The zero-order valence-electron chi connectivity index (χ0n) is 13.1. The lowest BCUT2D eigenvalue weighted by molar-refractivity contribution is -0.121. The van der Waals surface area contributed by atoms with Crippen molar-refractivity contribution in [2.24, 2.45) is 0 Å². The number of nitrogens with zero attached hydrogens (tertiary/aromatic N) is 2. The molecule has 5 nitrogen and oxygen atoms in total. The van der Waals surface area contributed by atoms with Crippen LogP contribution in [-0.2, 0) is 24.1 Å². The molecule has 5 heteroatoms. The van der Waals surface area contributed by atoms with Crippen molar-refractivity contribution in [1.82, 2.24) is 15.6 Å². The summed E-state index contributed by atoms with van der Waals surface area (Å²) in [6.45, 7) is 3.79. The smallest absolute Gasteiger partial charge is 0.226 e. The van der Waals surface area contributed by atoms with E-state index in [1.54, 1.807) is 6.92 Å². The van der Waals surface area contributed by atoms with Gasteiger partial charge < -0.3 is 5.32 Å². The average Bonchev–Trinajstić information content (AvgIpc) is 2.91. The SMILES string of the molecule is Cc1nonc1CC(=O)NC(C)c1ccc2c(c1)CCCC2. The fraction of sp³-hybridized carbons (Fsp3) is 0.471. The number of carbonyl (C=O) groups excluding carboxylic acids is 1. The predicted molar refractivity (Wildman–Crippen MR) is 82.4 cm³/mol. The highest BCUT2D eigenvalue weighted by Gasteiger charge is 2.16. The quantitative estimate of drug-likeness (QED) is 0.942. The molecule has 0 spiro atoms. The summed E-state index contributed by atoms with van der Waals surface area (Å²) in [6, 6.07) is 6.55. The highest BCUT2D eigenvalue weighted by molar-refractivity contribution is 5.78. The van der Waals surface area contributed by atoms with E-state index in [1.165, 1.54) is 30.4 Å². The van der Waals surface area contributed by atoms with Crippen LogP contribution in [0.3, 0.4) is 0 Å². The number of aryl methyl sites for hydroxylation is 3. The van der Waals surface area contributed by atoms with Crippen LogP contribution in [0.2, 0.25) is 0 Å². The van der Waals surface area contributed by atoms with E-state index in [1.807, 2.05) is 6.92 Å². The molecule has 1 amide bonds. The Morgan fingerprint density at radius 2 is 2.05 bits per heavy atom. The Morgan fingerprint density at radius 1 is 1.27 bits per heavy atom.